The Bertz CT molecular complexity index is 3540. The van der Waals surface area contributed by atoms with Gasteiger partial charge in [-0.1, -0.05) is 194 Å². The van der Waals surface area contributed by atoms with Crippen molar-refractivity contribution in [3.63, 3.8) is 0 Å². The third-order valence-corrected chi connectivity index (χ3v) is 12.0. The van der Waals surface area contributed by atoms with E-state index in [1.807, 2.05) is 36.4 Å². The molecule has 9 aromatic carbocycles. The van der Waals surface area contributed by atoms with Crippen molar-refractivity contribution in [2.24, 2.45) is 0 Å². The van der Waals surface area contributed by atoms with Crippen molar-refractivity contribution in [1.82, 2.24) is 24.1 Å². The summed E-state index contributed by atoms with van der Waals surface area (Å²) in [6.07, 6.45) is 0. The summed E-state index contributed by atoms with van der Waals surface area (Å²) in [5, 5.41) is 4.63. The van der Waals surface area contributed by atoms with Crippen LogP contribution in [0.3, 0.4) is 0 Å². The summed E-state index contributed by atoms with van der Waals surface area (Å²) in [5.41, 5.74) is 14.3. The molecular formula is C57H37N5. The van der Waals surface area contributed by atoms with Gasteiger partial charge < -0.3 is 4.57 Å². The summed E-state index contributed by atoms with van der Waals surface area (Å²) in [5.74, 6) is 1.81. The molecule has 3 aromatic heterocycles. The van der Waals surface area contributed by atoms with Gasteiger partial charge in [-0.25, -0.2) is 4.98 Å². The standard InChI is InChI=1S/C57H37N5/c1-5-17-38(18-6-1)40-29-31-41(32-30-40)48-37-44(39-19-7-2-8-20-39)33-35-51(48)61-49-27-15-13-25-45(49)46-34-36-52-53(54(46)61)47-26-14-16-28-50(47)62(52)57-59-55(42-21-9-3-10-22-42)58-56(60-57)43-23-11-4-12-24-43/h1-37H. The Morgan fingerprint density at radius 1 is 0.290 bits per heavy atom. The lowest BCUT2D eigenvalue weighted by Crippen LogP contribution is -2.06. The quantitative estimate of drug-likeness (QED) is 0.162. The predicted molar refractivity (Wildman–Crippen MR) is 256 cm³/mol. The highest BCUT2D eigenvalue weighted by Crippen LogP contribution is 2.44. The number of benzene rings is 9. The van der Waals surface area contributed by atoms with Crippen LogP contribution in [0.1, 0.15) is 0 Å². The number of fused-ring (bicyclic) bond motifs is 7. The Balaban J connectivity index is 1.16. The molecule has 12 rings (SSSR count). The van der Waals surface area contributed by atoms with Gasteiger partial charge in [-0.05, 0) is 58.1 Å². The number of rotatable bonds is 7. The van der Waals surface area contributed by atoms with Crippen LogP contribution in [0, 0.1) is 0 Å². The van der Waals surface area contributed by atoms with Gasteiger partial charge in [0, 0.05) is 38.2 Å². The number of aromatic nitrogens is 5. The van der Waals surface area contributed by atoms with E-state index in [0.717, 1.165) is 66.3 Å². The molecule has 0 unspecified atom stereocenters. The maximum absolute atomic E-state index is 5.23. The molecule has 0 aliphatic heterocycles. The van der Waals surface area contributed by atoms with E-state index in [1.54, 1.807) is 0 Å². The first-order valence-corrected chi connectivity index (χ1v) is 21.0. The average Bonchev–Trinajstić information content (AvgIpc) is 3.88. The minimum Gasteiger partial charge on any atom is -0.308 e. The molecule has 0 aliphatic rings. The molecule has 0 amide bonds. The zero-order chi connectivity index (χ0) is 41.0. The zero-order valence-electron chi connectivity index (χ0n) is 33.6. The summed E-state index contributed by atoms with van der Waals surface area (Å²) in [4.78, 5) is 15.5. The fraction of sp³-hybridized carbons (Fsp3) is 0. The van der Waals surface area contributed by atoms with Crippen molar-refractivity contribution in [2.45, 2.75) is 0 Å². The van der Waals surface area contributed by atoms with Gasteiger partial charge in [0.1, 0.15) is 0 Å². The van der Waals surface area contributed by atoms with E-state index in [2.05, 4.69) is 197 Å². The van der Waals surface area contributed by atoms with Gasteiger partial charge in [0.15, 0.2) is 11.6 Å². The highest BCUT2D eigenvalue weighted by Gasteiger charge is 2.24. The van der Waals surface area contributed by atoms with Crippen molar-refractivity contribution < 1.29 is 0 Å². The summed E-state index contributed by atoms with van der Waals surface area (Å²) < 4.78 is 4.70. The molecule has 0 bridgehead atoms. The highest BCUT2D eigenvalue weighted by atomic mass is 15.2. The van der Waals surface area contributed by atoms with Gasteiger partial charge >= 0.3 is 0 Å². The Labute approximate surface area is 358 Å². The molecule has 0 fully saturated rings. The lowest BCUT2D eigenvalue weighted by molar-refractivity contribution is 0.953. The third-order valence-electron chi connectivity index (χ3n) is 12.0. The number of hydrogen-bond donors (Lipinski definition) is 0. The van der Waals surface area contributed by atoms with Crippen molar-refractivity contribution >= 4 is 43.6 Å². The van der Waals surface area contributed by atoms with Crippen LogP contribution in [-0.2, 0) is 0 Å². The van der Waals surface area contributed by atoms with Crippen molar-refractivity contribution in [1.29, 1.82) is 0 Å². The fourth-order valence-electron chi connectivity index (χ4n) is 9.12. The van der Waals surface area contributed by atoms with E-state index in [1.165, 1.54) is 27.5 Å². The average molecular weight is 792 g/mol. The molecule has 3 heterocycles. The first kappa shape index (κ1) is 35.5. The van der Waals surface area contributed by atoms with E-state index in [0.29, 0.717) is 17.6 Å². The van der Waals surface area contributed by atoms with Crippen LogP contribution in [0.25, 0.3) is 111 Å². The Hall–Kier alpha value is -8.41. The molecule has 0 N–H and O–H groups in total. The van der Waals surface area contributed by atoms with Crippen LogP contribution in [0.4, 0.5) is 0 Å². The fourth-order valence-corrected chi connectivity index (χ4v) is 9.12. The number of hydrogen-bond acceptors (Lipinski definition) is 3. The molecule has 0 spiro atoms. The minimum absolute atomic E-state index is 0.567. The maximum Gasteiger partial charge on any atom is 0.238 e. The molecule has 0 radical (unpaired) electrons. The lowest BCUT2D eigenvalue weighted by Gasteiger charge is -2.17. The number of para-hydroxylation sites is 2. The van der Waals surface area contributed by atoms with Gasteiger partial charge in [-0.3, -0.25) is 4.57 Å². The monoisotopic (exact) mass is 791 g/mol. The van der Waals surface area contributed by atoms with Crippen molar-refractivity contribution in [3.8, 4) is 67.8 Å². The van der Waals surface area contributed by atoms with Crippen LogP contribution in [0.15, 0.2) is 224 Å². The molecule has 5 heteroatoms. The Morgan fingerprint density at radius 2 is 0.758 bits per heavy atom. The number of nitrogens with zero attached hydrogens (tertiary/aromatic N) is 5. The smallest absolute Gasteiger partial charge is 0.238 e. The largest absolute Gasteiger partial charge is 0.308 e. The summed E-state index contributed by atoms with van der Waals surface area (Å²) in [7, 11) is 0. The molecule has 5 nitrogen and oxygen atoms in total. The molecular weight excluding hydrogens is 755 g/mol. The second-order valence-electron chi connectivity index (χ2n) is 15.6. The van der Waals surface area contributed by atoms with Crippen LogP contribution in [0.5, 0.6) is 0 Å². The zero-order valence-corrected chi connectivity index (χ0v) is 33.6. The predicted octanol–water partition coefficient (Wildman–Crippen LogP) is 14.4. The minimum atomic E-state index is 0.567. The first-order valence-electron chi connectivity index (χ1n) is 21.0. The van der Waals surface area contributed by atoms with Crippen molar-refractivity contribution in [2.75, 3.05) is 0 Å². The van der Waals surface area contributed by atoms with Gasteiger partial charge in [0.05, 0.1) is 27.8 Å². The summed E-state index contributed by atoms with van der Waals surface area (Å²) in [6.45, 7) is 0. The lowest BCUT2D eigenvalue weighted by atomic mass is 9.95. The molecule has 290 valence electrons. The molecule has 12 aromatic rings. The van der Waals surface area contributed by atoms with E-state index in [4.69, 9.17) is 15.0 Å². The van der Waals surface area contributed by atoms with Gasteiger partial charge in [0.25, 0.3) is 0 Å². The molecule has 0 saturated heterocycles. The van der Waals surface area contributed by atoms with Crippen LogP contribution >= 0.6 is 0 Å². The second-order valence-corrected chi connectivity index (χ2v) is 15.6. The van der Waals surface area contributed by atoms with Gasteiger partial charge in [-0.2, -0.15) is 9.97 Å². The SMILES string of the molecule is c1ccc(-c2ccc(-c3cc(-c4ccccc4)ccc3-n3c4ccccc4c4ccc5c(c6ccccc6n5-c5nc(-c6ccccc6)nc(-c6ccccc6)n5)c43)cc2)cc1. The Kier molecular flexibility index (Phi) is 8.42. The molecule has 0 saturated carbocycles. The van der Waals surface area contributed by atoms with E-state index >= 15 is 0 Å². The summed E-state index contributed by atoms with van der Waals surface area (Å²) in [6, 6.07) is 79.4. The van der Waals surface area contributed by atoms with Crippen LogP contribution in [0.2, 0.25) is 0 Å². The topological polar surface area (TPSA) is 48.5 Å². The van der Waals surface area contributed by atoms with Gasteiger partial charge in [0.2, 0.25) is 5.95 Å². The van der Waals surface area contributed by atoms with E-state index in [9.17, 15) is 0 Å². The maximum atomic E-state index is 5.23. The van der Waals surface area contributed by atoms with Crippen LogP contribution < -0.4 is 0 Å². The van der Waals surface area contributed by atoms with Crippen molar-refractivity contribution in [3.05, 3.63) is 224 Å². The van der Waals surface area contributed by atoms with Gasteiger partial charge in [-0.15, -0.1) is 0 Å². The molecule has 62 heavy (non-hydrogen) atoms. The molecule has 0 aliphatic carbocycles. The molecule has 0 atom stereocenters. The second kappa shape index (κ2) is 14.7. The van der Waals surface area contributed by atoms with E-state index in [-0.39, 0.29) is 0 Å². The van der Waals surface area contributed by atoms with E-state index < -0.39 is 0 Å². The highest BCUT2D eigenvalue weighted by molar-refractivity contribution is 6.26. The first-order chi connectivity index (χ1) is 30.8. The normalized spacial score (nSPS) is 11.5. The Morgan fingerprint density at radius 3 is 1.37 bits per heavy atom. The summed E-state index contributed by atoms with van der Waals surface area (Å²) >= 11 is 0. The third kappa shape index (κ3) is 5.90. The van der Waals surface area contributed by atoms with Crippen LogP contribution in [-0.4, -0.2) is 24.1 Å².